The Hall–Kier alpha value is -1.84. The van der Waals surface area contributed by atoms with Gasteiger partial charge in [-0.3, -0.25) is 4.79 Å². The Balaban J connectivity index is 1.31. The number of aromatic nitrogens is 1. The summed E-state index contributed by atoms with van der Waals surface area (Å²) in [5.74, 6) is 2.79. The Morgan fingerprint density at radius 1 is 1.19 bits per heavy atom. The van der Waals surface area contributed by atoms with Gasteiger partial charge in [0, 0.05) is 11.4 Å². The first kappa shape index (κ1) is 17.3. The lowest BCUT2D eigenvalue weighted by Crippen LogP contribution is -2.56. The summed E-state index contributed by atoms with van der Waals surface area (Å²) in [7, 11) is 0. The van der Waals surface area contributed by atoms with Gasteiger partial charge in [0.1, 0.15) is 5.69 Å². The summed E-state index contributed by atoms with van der Waals surface area (Å²) in [6.45, 7) is 6.33. The van der Waals surface area contributed by atoms with Crippen molar-refractivity contribution in [2.24, 2.45) is 23.2 Å². The summed E-state index contributed by atoms with van der Waals surface area (Å²) in [4.78, 5) is 12.8. The Labute approximate surface area is 161 Å². The smallest absolute Gasteiger partial charge is 0.226 e. The molecule has 27 heavy (non-hydrogen) atoms. The quantitative estimate of drug-likeness (QED) is 0.853. The number of aryl methyl sites for hydroxylation is 2. The average Bonchev–Trinajstić information content (AvgIpc) is 2.96. The summed E-state index contributed by atoms with van der Waals surface area (Å²) >= 11 is 0. The molecule has 0 radical (unpaired) electrons. The number of rotatable bonds is 4. The number of hydrogen-bond donors (Lipinski definition) is 1. The molecule has 1 aromatic heterocycles. The van der Waals surface area contributed by atoms with Crippen molar-refractivity contribution in [1.82, 2.24) is 10.5 Å². The van der Waals surface area contributed by atoms with Crippen molar-refractivity contribution >= 4 is 16.9 Å². The highest BCUT2D eigenvalue weighted by atomic mass is 16.5. The van der Waals surface area contributed by atoms with Gasteiger partial charge >= 0.3 is 0 Å². The predicted molar refractivity (Wildman–Crippen MR) is 105 cm³/mol. The maximum atomic E-state index is 12.8. The van der Waals surface area contributed by atoms with Gasteiger partial charge in [-0.25, -0.2) is 0 Å². The molecule has 4 saturated carbocycles. The van der Waals surface area contributed by atoms with Crippen LogP contribution in [0.4, 0.5) is 0 Å². The number of fused-ring (bicyclic) bond motifs is 1. The minimum Gasteiger partial charge on any atom is -0.356 e. The number of hydrogen-bond acceptors (Lipinski definition) is 3. The number of nitrogens with zero attached hydrogens (tertiary/aromatic N) is 1. The molecule has 1 atom stereocenters. The number of amides is 1. The van der Waals surface area contributed by atoms with Crippen molar-refractivity contribution < 1.29 is 9.32 Å². The van der Waals surface area contributed by atoms with Gasteiger partial charge in [0.2, 0.25) is 5.91 Å². The molecule has 0 saturated heterocycles. The van der Waals surface area contributed by atoms with Crippen molar-refractivity contribution in [3.05, 3.63) is 29.0 Å². The van der Waals surface area contributed by atoms with E-state index in [1.54, 1.807) is 0 Å². The van der Waals surface area contributed by atoms with E-state index in [-0.39, 0.29) is 11.9 Å². The summed E-state index contributed by atoms with van der Waals surface area (Å²) in [5.41, 5.74) is 4.14. The van der Waals surface area contributed by atoms with E-state index in [4.69, 9.17) is 4.52 Å². The lowest BCUT2D eigenvalue weighted by atomic mass is 9.48. The van der Waals surface area contributed by atoms with Crippen LogP contribution in [-0.4, -0.2) is 17.1 Å². The topological polar surface area (TPSA) is 55.1 Å². The highest BCUT2D eigenvalue weighted by Gasteiger charge is 2.53. The first-order chi connectivity index (χ1) is 12.9. The van der Waals surface area contributed by atoms with E-state index in [2.05, 4.69) is 36.5 Å². The molecule has 144 valence electrons. The zero-order chi connectivity index (χ0) is 18.8. The Morgan fingerprint density at radius 3 is 2.44 bits per heavy atom. The minimum atomic E-state index is 0.0765. The third-order valence-corrected chi connectivity index (χ3v) is 7.69. The maximum Gasteiger partial charge on any atom is 0.226 e. The zero-order valence-electron chi connectivity index (χ0n) is 16.7. The van der Waals surface area contributed by atoms with Gasteiger partial charge in [0.15, 0.2) is 5.58 Å². The molecule has 6 rings (SSSR count). The van der Waals surface area contributed by atoms with E-state index in [0.717, 1.165) is 40.0 Å². The van der Waals surface area contributed by atoms with Crippen molar-refractivity contribution in [2.75, 3.05) is 0 Å². The third kappa shape index (κ3) is 2.88. The molecule has 1 unspecified atom stereocenters. The molecule has 0 aliphatic heterocycles. The lowest BCUT2D eigenvalue weighted by Gasteiger charge is -2.59. The van der Waals surface area contributed by atoms with Gasteiger partial charge in [-0.1, -0.05) is 11.2 Å². The largest absolute Gasteiger partial charge is 0.356 e. The molecule has 4 heteroatoms. The first-order valence-electron chi connectivity index (χ1n) is 10.6. The highest BCUT2D eigenvalue weighted by molar-refractivity contribution is 5.88. The summed E-state index contributed by atoms with van der Waals surface area (Å²) in [6, 6.07) is 4.41. The predicted octanol–water partition coefficient (Wildman–Crippen LogP) is 4.71. The second kappa shape index (κ2) is 6.08. The molecule has 1 heterocycles. The second-order valence-corrected chi connectivity index (χ2v) is 9.83. The van der Waals surface area contributed by atoms with Crippen molar-refractivity contribution in [2.45, 2.75) is 71.8 Å². The summed E-state index contributed by atoms with van der Waals surface area (Å²) in [6.07, 6.45) is 8.53. The van der Waals surface area contributed by atoms with Gasteiger partial charge in [0.05, 0.1) is 6.42 Å². The fourth-order valence-corrected chi connectivity index (χ4v) is 6.87. The lowest BCUT2D eigenvalue weighted by molar-refractivity contribution is -0.125. The molecule has 1 aromatic carbocycles. The van der Waals surface area contributed by atoms with Crippen LogP contribution in [0.5, 0.6) is 0 Å². The Kier molecular flexibility index (Phi) is 3.89. The third-order valence-electron chi connectivity index (χ3n) is 7.69. The Morgan fingerprint density at radius 2 is 1.81 bits per heavy atom. The van der Waals surface area contributed by atoms with Crippen LogP contribution in [0.2, 0.25) is 0 Å². The van der Waals surface area contributed by atoms with Crippen LogP contribution in [0.15, 0.2) is 16.7 Å². The highest BCUT2D eigenvalue weighted by Crippen LogP contribution is 2.61. The van der Waals surface area contributed by atoms with Crippen LogP contribution in [0.25, 0.3) is 11.0 Å². The standard InChI is InChI=1S/C23H30N2O2/c1-13-4-14(2)22-19(5-13)20(25-27-22)9-21(26)24-15(3)23-10-16-6-17(11-23)8-18(7-16)12-23/h4-5,15-18H,6-12H2,1-3H3,(H,24,26). The Bertz CT molecular complexity index is 862. The fraction of sp³-hybridized carbons (Fsp3) is 0.652. The van der Waals surface area contributed by atoms with Crippen LogP contribution >= 0.6 is 0 Å². The molecule has 1 N–H and O–H groups in total. The molecule has 4 aliphatic rings. The van der Waals surface area contributed by atoms with Gasteiger partial charge in [-0.2, -0.15) is 0 Å². The van der Waals surface area contributed by atoms with E-state index < -0.39 is 0 Å². The second-order valence-electron chi connectivity index (χ2n) is 9.83. The fourth-order valence-electron chi connectivity index (χ4n) is 6.87. The van der Waals surface area contributed by atoms with Crippen LogP contribution in [0.3, 0.4) is 0 Å². The maximum absolute atomic E-state index is 12.8. The van der Waals surface area contributed by atoms with Crippen LogP contribution < -0.4 is 5.32 Å². The van der Waals surface area contributed by atoms with E-state index in [9.17, 15) is 4.79 Å². The van der Waals surface area contributed by atoms with E-state index in [1.165, 1.54) is 44.1 Å². The van der Waals surface area contributed by atoms with Gasteiger partial charge in [-0.05, 0) is 99.7 Å². The van der Waals surface area contributed by atoms with Crippen LogP contribution in [-0.2, 0) is 11.2 Å². The van der Waals surface area contributed by atoms with Crippen LogP contribution in [0.1, 0.15) is 62.3 Å². The number of carbonyl (C=O) groups excluding carboxylic acids is 1. The molecule has 4 aliphatic carbocycles. The minimum absolute atomic E-state index is 0.0765. The van der Waals surface area contributed by atoms with Crippen molar-refractivity contribution in [3.8, 4) is 0 Å². The summed E-state index contributed by atoms with van der Waals surface area (Å²) < 4.78 is 5.51. The number of nitrogens with one attached hydrogen (secondary N) is 1. The monoisotopic (exact) mass is 366 g/mol. The van der Waals surface area contributed by atoms with Gasteiger partial charge in [-0.15, -0.1) is 0 Å². The van der Waals surface area contributed by atoms with Crippen LogP contribution in [0, 0.1) is 37.0 Å². The summed E-state index contributed by atoms with van der Waals surface area (Å²) in [5, 5.41) is 8.53. The number of benzene rings is 1. The SMILES string of the molecule is Cc1cc(C)c2onc(CC(=O)NC(C)C34CC5CC(CC(C5)C3)C4)c2c1. The normalized spacial score (nSPS) is 32.8. The van der Waals surface area contributed by atoms with E-state index in [1.807, 2.05) is 6.92 Å². The van der Waals surface area contributed by atoms with Crippen molar-refractivity contribution in [1.29, 1.82) is 0 Å². The zero-order valence-corrected chi connectivity index (χ0v) is 16.7. The molecule has 4 nitrogen and oxygen atoms in total. The molecular formula is C23H30N2O2. The molecule has 4 fully saturated rings. The first-order valence-corrected chi connectivity index (χ1v) is 10.6. The van der Waals surface area contributed by atoms with Crippen molar-refractivity contribution in [3.63, 3.8) is 0 Å². The van der Waals surface area contributed by atoms with Gasteiger partial charge in [0.25, 0.3) is 0 Å². The average molecular weight is 367 g/mol. The molecule has 2 aromatic rings. The number of carbonyl (C=O) groups is 1. The molecular weight excluding hydrogens is 336 g/mol. The van der Waals surface area contributed by atoms with E-state index in [0.29, 0.717) is 11.8 Å². The molecule has 0 spiro atoms. The van der Waals surface area contributed by atoms with E-state index >= 15 is 0 Å². The molecule has 4 bridgehead atoms. The molecule has 1 amide bonds. The van der Waals surface area contributed by atoms with Gasteiger partial charge < -0.3 is 9.84 Å².